The monoisotopic (exact) mass is 333 g/mol. The van der Waals surface area contributed by atoms with Crippen LogP contribution in [0.15, 0.2) is 6.07 Å². The Morgan fingerprint density at radius 2 is 2.08 bits per heavy atom. The summed E-state index contributed by atoms with van der Waals surface area (Å²) in [6.07, 6.45) is 1.82. The molecule has 3 N–H and O–H groups in total. The number of hydrogen-bond donors (Lipinski definition) is 2. The van der Waals surface area contributed by atoms with Crippen LogP contribution in [0.3, 0.4) is 0 Å². The Labute approximate surface area is 138 Å². The van der Waals surface area contributed by atoms with Gasteiger partial charge in [0.2, 0.25) is 5.91 Å². The first-order valence-corrected chi connectivity index (χ1v) is 8.05. The minimum Gasteiger partial charge on any atom is -0.478 e. The molecule has 0 radical (unpaired) electrons. The highest BCUT2D eigenvalue weighted by atomic mass is 16.5. The van der Waals surface area contributed by atoms with E-state index in [1.165, 1.54) is 6.07 Å². The number of carboxylic acid groups (broad SMARTS) is 1. The smallest absolute Gasteiger partial charge is 0.337 e. The highest BCUT2D eigenvalue weighted by Gasteiger charge is 2.58. The van der Waals surface area contributed by atoms with Crippen molar-refractivity contribution < 1.29 is 24.2 Å². The van der Waals surface area contributed by atoms with E-state index in [2.05, 4.69) is 0 Å². The number of amides is 2. The molecular formula is C16H19N3O5. The Balaban J connectivity index is 1.66. The number of carbonyl (C=O) groups excluding carboxylic acids is 2. The van der Waals surface area contributed by atoms with Crippen LogP contribution >= 0.6 is 0 Å². The van der Waals surface area contributed by atoms with Crippen molar-refractivity contribution in [2.24, 2.45) is 17.1 Å². The standard InChI is InChI=1S/C16H19N3O5/c17-13(20)10-6-18(8-16(10)1-2-16)14(21)11-5-9(15(22)23)12-7-24-4-3-19(11)12/h5,10H,1-4,6-8H2,(H2,17,20)(H,22,23). The van der Waals surface area contributed by atoms with Gasteiger partial charge in [0.15, 0.2) is 0 Å². The van der Waals surface area contributed by atoms with Crippen LogP contribution in [0.4, 0.5) is 0 Å². The molecule has 128 valence electrons. The highest BCUT2D eigenvalue weighted by molar-refractivity contribution is 5.98. The van der Waals surface area contributed by atoms with Crippen molar-refractivity contribution in [3.63, 3.8) is 0 Å². The summed E-state index contributed by atoms with van der Waals surface area (Å²) >= 11 is 0. The minimum absolute atomic E-state index is 0.102. The van der Waals surface area contributed by atoms with Crippen LogP contribution in [-0.4, -0.2) is 52.1 Å². The number of aromatic nitrogens is 1. The third-order valence-corrected chi connectivity index (χ3v) is 5.53. The molecule has 2 aliphatic heterocycles. The fourth-order valence-corrected chi connectivity index (χ4v) is 4.03. The number of hydrogen-bond acceptors (Lipinski definition) is 4. The fourth-order valence-electron chi connectivity index (χ4n) is 4.03. The lowest BCUT2D eigenvalue weighted by atomic mass is 9.92. The molecule has 1 saturated carbocycles. The molecular weight excluding hydrogens is 314 g/mol. The average Bonchev–Trinajstić information content (AvgIpc) is 3.05. The van der Waals surface area contributed by atoms with Crippen molar-refractivity contribution in [3.8, 4) is 0 Å². The number of aromatic carboxylic acids is 1. The number of likely N-dealkylation sites (tertiary alicyclic amines) is 1. The van der Waals surface area contributed by atoms with E-state index in [4.69, 9.17) is 10.5 Å². The molecule has 2 amide bonds. The number of ether oxygens (including phenoxy) is 1. The molecule has 24 heavy (non-hydrogen) atoms. The highest BCUT2D eigenvalue weighted by Crippen LogP contribution is 2.56. The molecule has 1 saturated heterocycles. The first-order chi connectivity index (χ1) is 11.4. The van der Waals surface area contributed by atoms with Gasteiger partial charge in [-0.3, -0.25) is 9.59 Å². The lowest BCUT2D eigenvalue weighted by Gasteiger charge is -2.21. The predicted octanol–water partition coefficient (Wildman–Crippen LogP) is 0.0540. The second-order valence-corrected chi connectivity index (χ2v) is 6.90. The van der Waals surface area contributed by atoms with Crippen LogP contribution in [-0.2, 0) is 22.7 Å². The number of nitrogens with zero attached hydrogens (tertiary/aromatic N) is 2. The molecule has 4 rings (SSSR count). The zero-order chi connectivity index (χ0) is 17.1. The third-order valence-electron chi connectivity index (χ3n) is 5.53. The normalized spacial score (nSPS) is 24.0. The SMILES string of the molecule is NC(=O)C1CN(C(=O)c2cc(C(=O)O)c3n2CCOC3)CC12CC2. The van der Waals surface area contributed by atoms with Gasteiger partial charge in [-0.25, -0.2) is 4.79 Å². The predicted molar refractivity (Wildman–Crippen MR) is 81.3 cm³/mol. The van der Waals surface area contributed by atoms with Crippen LogP contribution in [0.2, 0.25) is 0 Å². The maximum absolute atomic E-state index is 13.0. The van der Waals surface area contributed by atoms with Crippen LogP contribution in [0.5, 0.6) is 0 Å². The quantitative estimate of drug-likeness (QED) is 0.811. The van der Waals surface area contributed by atoms with Gasteiger partial charge in [0.05, 0.1) is 30.4 Å². The first-order valence-electron chi connectivity index (χ1n) is 8.05. The van der Waals surface area contributed by atoms with E-state index < -0.39 is 5.97 Å². The van der Waals surface area contributed by atoms with Gasteiger partial charge in [0, 0.05) is 25.0 Å². The van der Waals surface area contributed by atoms with Crippen molar-refractivity contribution in [2.75, 3.05) is 19.7 Å². The Bertz CT molecular complexity index is 749. The van der Waals surface area contributed by atoms with E-state index in [0.717, 1.165) is 12.8 Å². The molecule has 1 atom stereocenters. The second kappa shape index (κ2) is 5.07. The van der Waals surface area contributed by atoms with Crippen molar-refractivity contribution in [1.29, 1.82) is 0 Å². The summed E-state index contributed by atoms with van der Waals surface area (Å²) in [6, 6.07) is 1.42. The van der Waals surface area contributed by atoms with Crippen molar-refractivity contribution in [1.82, 2.24) is 9.47 Å². The number of rotatable bonds is 3. The van der Waals surface area contributed by atoms with E-state index in [1.54, 1.807) is 9.47 Å². The summed E-state index contributed by atoms with van der Waals surface area (Å²) in [4.78, 5) is 37.7. The summed E-state index contributed by atoms with van der Waals surface area (Å²) < 4.78 is 7.06. The summed E-state index contributed by atoms with van der Waals surface area (Å²) in [7, 11) is 0. The van der Waals surface area contributed by atoms with Crippen LogP contribution < -0.4 is 5.73 Å². The van der Waals surface area contributed by atoms with Gasteiger partial charge >= 0.3 is 5.97 Å². The largest absolute Gasteiger partial charge is 0.478 e. The molecule has 0 bridgehead atoms. The van der Waals surface area contributed by atoms with Gasteiger partial charge in [-0.05, 0) is 18.9 Å². The number of carboxylic acids is 1. The van der Waals surface area contributed by atoms with E-state index in [9.17, 15) is 19.5 Å². The van der Waals surface area contributed by atoms with Gasteiger partial charge in [-0.2, -0.15) is 0 Å². The Hall–Kier alpha value is -2.35. The number of carbonyl (C=O) groups is 3. The molecule has 1 aromatic rings. The molecule has 1 unspecified atom stereocenters. The topological polar surface area (TPSA) is 115 Å². The average molecular weight is 333 g/mol. The lowest BCUT2D eigenvalue weighted by Crippen LogP contribution is -2.33. The maximum Gasteiger partial charge on any atom is 0.337 e. The molecule has 8 heteroatoms. The summed E-state index contributed by atoms with van der Waals surface area (Å²) in [6.45, 7) is 1.89. The molecule has 3 heterocycles. The lowest BCUT2D eigenvalue weighted by molar-refractivity contribution is -0.122. The molecule has 0 aromatic carbocycles. The maximum atomic E-state index is 13.0. The first kappa shape index (κ1) is 15.2. The molecule has 3 aliphatic rings. The zero-order valence-corrected chi connectivity index (χ0v) is 13.2. The Morgan fingerprint density at radius 3 is 2.67 bits per heavy atom. The number of fused-ring (bicyclic) bond motifs is 1. The number of primary amides is 1. The van der Waals surface area contributed by atoms with Crippen LogP contribution in [0, 0.1) is 11.3 Å². The van der Waals surface area contributed by atoms with Crippen molar-refractivity contribution in [3.05, 3.63) is 23.0 Å². The molecule has 1 aliphatic carbocycles. The number of nitrogens with two attached hydrogens (primary N) is 1. The zero-order valence-electron chi connectivity index (χ0n) is 13.2. The van der Waals surface area contributed by atoms with Gasteiger partial charge in [-0.1, -0.05) is 0 Å². The third kappa shape index (κ3) is 2.13. The summed E-state index contributed by atoms with van der Waals surface area (Å²) in [5.41, 5.74) is 6.31. The van der Waals surface area contributed by atoms with Gasteiger partial charge < -0.3 is 25.0 Å². The van der Waals surface area contributed by atoms with Gasteiger partial charge in [-0.15, -0.1) is 0 Å². The summed E-state index contributed by atoms with van der Waals surface area (Å²) in [5, 5.41) is 9.35. The fraction of sp³-hybridized carbons (Fsp3) is 0.562. The Kier molecular flexibility index (Phi) is 3.21. The minimum atomic E-state index is -1.07. The van der Waals surface area contributed by atoms with Crippen molar-refractivity contribution >= 4 is 17.8 Å². The molecule has 8 nitrogen and oxygen atoms in total. The second-order valence-electron chi connectivity index (χ2n) is 6.90. The van der Waals surface area contributed by atoms with E-state index in [-0.39, 0.29) is 35.3 Å². The van der Waals surface area contributed by atoms with Crippen LogP contribution in [0.25, 0.3) is 0 Å². The van der Waals surface area contributed by atoms with E-state index >= 15 is 0 Å². The molecule has 2 fully saturated rings. The summed E-state index contributed by atoms with van der Waals surface area (Å²) in [5.74, 6) is -1.97. The van der Waals surface area contributed by atoms with Gasteiger partial charge in [0.25, 0.3) is 5.91 Å². The van der Waals surface area contributed by atoms with E-state index in [0.29, 0.717) is 37.6 Å². The molecule has 1 spiro atoms. The van der Waals surface area contributed by atoms with Crippen molar-refractivity contribution in [2.45, 2.75) is 26.0 Å². The Morgan fingerprint density at radius 1 is 1.33 bits per heavy atom. The van der Waals surface area contributed by atoms with E-state index in [1.807, 2.05) is 0 Å². The van der Waals surface area contributed by atoms with Gasteiger partial charge in [0.1, 0.15) is 5.69 Å². The molecule has 1 aromatic heterocycles. The van der Waals surface area contributed by atoms with Crippen LogP contribution in [0.1, 0.15) is 39.4 Å².